The van der Waals surface area contributed by atoms with Crippen LogP contribution in [0.3, 0.4) is 0 Å². The third-order valence-corrected chi connectivity index (χ3v) is 4.17. The van der Waals surface area contributed by atoms with Crippen LogP contribution in [0.15, 0.2) is 28.9 Å². The molecule has 0 aliphatic carbocycles. The third kappa shape index (κ3) is 3.08. The molecule has 0 radical (unpaired) electrons. The number of furan rings is 1. The Balaban J connectivity index is 1.90. The Bertz CT molecular complexity index is 626. The fourth-order valence-corrected chi connectivity index (χ4v) is 3.03. The minimum absolute atomic E-state index is 0.224. The van der Waals surface area contributed by atoms with E-state index in [9.17, 15) is 0 Å². The summed E-state index contributed by atoms with van der Waals surface area (Å²) in [6.07, 6.45) is 3.80. The molecular formula is C17H23N3O2. The maximum absolute atomic E-state index is 5.88. The molecule has 0 bridgehead atoms. The van der Waals surface area contributed by atoms with Gasteiger partial charge in [-0.2, -0.15) is 0 Å². The van der Waals surface area contributed by atoms with Crippen LogP contribution in [0.1, 0.15) is 44.3 Å². The molecule has 0 aromatic carbocycles. The number of ether oxygens (including phenoxy) is 1. The van der Waals surface area contributed by atoms with E-state index in [0.29, 0.717) is 18.4 Å². The van der Waals surface area contributed by atoms with Gasteiger partial charge in [-0.25, -0.2) is 9.97 Å². The topological polar surface area (TPSA) is 51.4 Å². The maximum Gasteiger partial charge on any atom is 0.218 e. The highest BCUT2D eigenvalue weighted by atomic mass is 16.5. The van der Waals surface area contributed by atoms with Crippen LogP contribution in [-0.4, -0.2) is 23.1 Å². The Morgan fingerprint density at radius 3 is 2.95 bits per heavy atom. The molecule has 1 fully saturated rings. The predicted molar refractivity (Wildman–Crippen MR) is 85.1 cm³/mol. The number of hydrogen-bond donors (Lipinski definition) is 0. The SMILES string of the molecule is CCOc1cc(N2CCC(C)CC2c2ccc(C)o2)ncn1. The Morgan fingerprint density at radius 1 is 1.36 bits per heavy atom. The van der Waals surface area contributed by atoms with Crippen molar-refractivity contribution in [2.24, 2.45) is 5.92 Å². The standard InChI is InChI=1S/C17H23N3O2/c1-4-21-17-10-16(18-11-19-17)20-8-7-12(2)9-14(20)15-6-5-13(3)22-15/h5-6,10-12,14H,4,7-9H2,1-3H3. The predicted octanol–water partition coefficient (Wildman–Crippen LogP) is 3.75. The monoisotopic (exact) mass is 301 g/mol. The zero-order valence-electron chi connectivity index (χ0n) is 13.5. The highest BCUT2D eigenvalue weighted by Crippen LogP contribution is 2.37. The minimum atomic E-state index is 0.224. The van der Waals surface area contributed by atoms with E-state index < -0.39 is 0 Å². The molecule has 0 amide bonds. The Hall–Kier alpha value is -2.04. The molecule has 3 heterocycles. The van der Waals surface area contributed by atoms with Gasteiger partial charge < -0.3 is 14.1 Å². The van der Waals surface area contributed by atoms with Crippen molar-refractivity contribution in [2.75, 3.05) is 18.1 Å². The smallest absolute Gasteiger partial charge is 0.218 e. The summed E-state index contributed by atoms with van der Waals surface area (Å²) in [6, 6.07) is 6.25. The summed E-state index contributed by atoms with van der Waals surface area (Å²) in [5, 5.41) is 0. The maximum atomic E-state index is 5.88. The van der Waals surface area contributed by atoms with Gasteiger partial charge in [-0.15, -0.1) is 0 Å². The summed E-state index contributed by atoms with van der Waals surface area (Å²) in [5.74, 6) is 4.18. The quantitative estimate of drug-likeness (QED) is 0.860. The van der Waals surface area contributed by atoms with Crippen molar-refractivity contribution in [2.45, 2.75) is 39.7 Å². The van der Waals surface area contributed by atoms with Crippen LogP contribution >= 0.6 is 0 Å². The molecule has 5 nitrogen and oxygen atoms in total. The van der Waals surface area contributed by atoms with Gasteiger partial charge in [-0.05, 0) is 44.7 Å². The van der Waals surface area contributed by atoms with Crippen LogP contribution in [0.25, 0.3) is 0 Å². The summed E-state index contributed by atoms with van der Waals surface area (Å²) in [7, 11) is 0. The zero-order chi connectivity index (χ0) is 15.5. The molecule has 1 saturated heterocycles. The van der Waals surface area contributed by atoms with Crippen molar-refractivity contribution in [1.29, 1.82) is 0 Å². The van der Waals surface area contributed by atoms with Crippen molar-refractivity contribution < 1.29 is 9.15 Å². The second kappa shape index (κ2) is 6.38. The average Bonchev–Trinajstić information content (AvgIpc) is 2.94. The van der Waals surface area contributed by atoms with Gasteiger partial charge in [0, 0.05) is 12.6 Å². The van der Waals surface area contributed by atoms with Crippen LogP contribution in [0, 0.1) is 12.8 Å². The molecule has 2 unspecified atom stereocenters. The molecule has 0 N–H and O–H groups in total. The zero-order valence-corrected chi connectivity index (χ0v) is 13.5. The lowest BCUT2D eigenvalue weighted by Gasteiger charge is -2.38. The number of piperidine rings is 1. The Labute approximate surface area is 131 Å². The van der Waals surface area contributed by atoms with Gasteiger partial charge in [0.25, 0.3) is 0 Å². The molecule has 5 heteroatoms. The molecule has 0 saturated carbocycles. The summed E-state index contributed by atoms with van der Waals surface area (Å²) in [4.78, 5) is 10.9. The van der Waals surface area contributed by atoms with E-state index in [1.165, 1.54) is 0 Å². The number of aromatic nitrogens is 2. The minimum Gasteiger partial charge on any atom is -0.478 e. The van der Waals surface area contributed by atoms with E-state index in [1.54, 1.807) is 6.33 Å². The lowest BCUT2D eigenvalue weighted by molar-refractivity contribution is 0.317. The van der Waals surface area contributed by atoms with E-state index in [4.69, 9.17) is 9.15 Å². The third-order valence-electron chi connectivity index (χ3n) is 4.17. The van der Waals surface area contributed by atoms with Gasteiger partial charge in [0.05, 0.1) is 12.6 Å². The summed E-state index contributed by atoms with van der Waals surface area (Å²) in [5.41, 5.74) is 0. The molecule has 0 spiro atoms. The second-order valence-corrected chi connectivity index (χ2v) is 5.93. The molecule has 22 heavy (non-hydrogen) atoms. The Morgan fingerprint density at radius 2 is 2.23 bits per heavy atom. The van der Waals surface area contributed by atoms with Crippen LogP contribution in [-0.2, 0) is 0 Å². The van der Waals surface area contributed by atoms with Crippen LogP contribution < -0.4 is 9.64 Å². The first-order valence-corrected chi connectivity index (χ1v) is 7.95. The lowest BCUT2D eigenvalue weighted by Crippen LogP contribution is -2.36. The summed E-state index contributed by atoms with van der Waals surface area (Å²) in [6.45, 7) is 7.81. The highest BCUT2D eigenvalue weighted by molar-refractivity contribution is 5.44. The van der Waals surface area contributed by atoms with E-state index in [1.807, 2.05) is 26.0 Å². The molecule has 2 aromatic rings. The van der Waals surface area contributed by atoms with E-state index in [2.05, 4.69) is 27.9 Å². The fourth-order valence-electron chi connectivity index (χ4n) is 3.03. The van der Waals surface area contributed by atoms with Gasteiger partial charge in [0.15, 0.2) is 0 Å². The molecule has 3 rings (SSSR count). The van der Waals surface area contributed by atoms with E-state index in [-0.39, 0.29) is 6.04 Å². The molecule has 1 aliphatic heterocycles. The van der Waals surface area contributed by atoms with Gasteiger partial charge in [-0.3, -0.25) is 0 Å². The van der Waals surface area contributed by atoms with Gasteiger partial charge in [-0.1, -0.05) is 6.92 Å². The van der Waals surface area contributed by atoms with Gasteiger partial charge in [0.1, 0.15) is 23.7 Å². The largest absolute Gasteiger partial charge is 0.478 e. The van der Waals surface area contributed by atoms with E-state index in [0.717, 1.165) is 36.7 Å². The van der Waals surface area contributed by atoms with Crippen LogP contribution in [0.5, 0.6) is 5.88 Å². The van der Waals surface area contributed by atoms with Crippen LogP contribution in [0.2, 0.25) is 0 Å². The van der Waals surface area contributed by atoms with E-state index >= 15 is 0 Å². The lowest BCUT2D eigenvalue weighted by atomic mass is 9.91. The molecule has 2 atom stereocenters. The number of rotatable bonds is 4. The first kappa shape index (κ1) is 14.9. The van der Waals surface area contributed by atoms with Crippen molar-refractivity contribution in [3.63, 3.8) is 0 Å². The van der Waals surface area contributed by atoms with Crippen molar-refractivity contribution in [3.05, 3.63) is 36.0 Å². The number of hydrogen-bond acceptors (Lipinski definition) is 5. The summed E-state index contributed by atoms with van der Waals surface area (Å²) >= 11 is 0. The highest BCUT2D eigenvalue weighted by Gasteiger charge is 2.31. The summed E-state index contributed by atoms with van der Waals surface area (Å²) < 4.78 is 11.4. The number of aryl methyl sites for hydroxylation is 1. The second-order valence-electron chi connectivity index (χ2n) is 5.93. The van der Waals surface area contributed by atoms with Gasteiger partial charge in [0.2, 0.25) is 5.88 Å². The molecule has 118 valence electrons. The average molecular weight is 301 g/mol. The molecule has 2 aromatic heterocycles. The van der Waals surface area contributed by atoms with Crippen molar-refractivity contribution >= 4 is 5.82 Å². The van der Waals surface area contributed by atoms with Crippen molar-refractivity contribution in [1.82, 2.24) is 9.97 Å². The first-order valence-electron chi connectivity index (χ1n) is 7.95. The van der Waals surface area contributed by atoms with Crippen molar-refractivity contribution in [3.8, 4) is 5.88 Å². The first-order chi connectivity index (χ1) is 10.7. The number of nitrogens with zero attached hydrogens (tertiary/aromatic N) is 3. The normalized spacial score (nSPS) is 21.9. The fraction of sp³-hybridized carbons (Fsp3) is 0.529. The number of anilines is 1. The Kier molecular flexibility index (Phi) is 4.32. The molecule has 1 aliphatic rings. The van der Waals surface area contributed by atoms with Crippen LogP contribution in [0.4, 0.5) is 5.82 Å². The molecular weight excluding hydrogens is 278 g/mol. The van der Waals surface area contributed by atoms with Gasteiger partial charge >= 0.3 is 0 Å².